The van der Waals surface area contributed by atoms with E-state index in [1.54, 1.807) is 0 Å². The van der Waals surface area contributed by atoms with Gasteiger partial charge in [0.05, 0.1) is 4.55 Å². The molecule has 0 saturated carbocycles. The minimum atomic E-state index is 0.532. The van der Waals surface area contributed by atoms with E-state index in [2.05, 4.69) is 46.0 Å². The van der Waals surface area contributed by atoms with Crippen LogP contribution >= 0.6 is 22.6 Å². The van der Waals surface area contributed by atoms with Gasteiger partial charge in [0.2, 0.25) is 0 Å². The van der Waals surface area contributed by atoms with Gasteiger partial charge in [-0.15, -0.1) is 0 Å². The average molecular weight is 250 g/mol. The van der Waals surface area contributed by atoms with Gasteiger partial charge in [0.25, 0.3) is 0 Å². The summed E-state index contributed by atoms with van der Waals surface area (Å²) >= 11 is 2.33. The van der Waals surface area contributed by atoms with Gasteiger partial charge in [-0.25, -0.2) is 4.98 Å². The van der Waals surface area contributed by atoms with Gasteiger partial charge in [-0.2, -0.15) is 0 Å². The number of aromatic nitrogens is 2. The highest BCUT2D eigenvalue weighted by molar-refractivity contribution is 14.1. The highest BCUT2D eigenvalue weighted by atomic mass is 127. The van der Waals surface area contributed by atoms with Crippen molar-refractivity contribution in [2.75, 3.05) is 0 Å². The zero-order valence-corrected chi connectivity index (χ0v) is 8.37. The molecule has 0 bridgehead atoms. The number of imidazole rings is 1. The molecule has 0 aliphatic rings. The molecule has 1 aromatic heterocycles. The van der Waals surface area contributed by atoms with Crippen molar-refractivity contribution in [3.63, 3.8) is 0 Å². The second kappa shape index (κ2) is 3.37. The van der Waals surface area contributed by atoms with Crippen LogP contribution in [0.5, 0.6) is 0 Å². The third-order valence-electron chi connectivity index (χ3n) is 1.39. The molecule has 2 nitrogen and oxygen atoms in total. The molecule has 10 heavy (non-hydrogen) atoms. The molecule has 56 valence electrons. The average Bonchev–Trinajstić information content (AvgIpc) is 2.33. The molecule has 0 amide bonds. The summed E-state index contributed by atoms with van der Waals surface area (Å²) in [5, 5.41) is 0. The predicted molar refractivity (Wildman–Crippen MR) is 50.3 cm³/mol. The summed E-state index contributed by atoms with van der Waals surface area (Å²) in [7, 11) is 0. The molecular weight excluding hydrogens is 239 g/mol. The van der Waals surface area contributed by atoms with Crippen molar-refractivity contribution >= 4 is 22.6 Å². The van der Waals surface area contributed by atoms with Crippen LogP contribution < -0.4 is 0 Å². The molecule has 0 atom stereocenters. The Labute approximate surface area is 74.8 Å². The molecule has 0 aliphatic carbocycles. The standard InChI is InChI=1S/C7H11IN2/c1-6(2)7-9-3-4-10(7)5-8/h3-4,6H,5H2,1-2H3. The molecular formula is C7H11IN2. The number of alkyl halides is 1. The Kier molecular flexibility index (Phi) is 2.71. The molecule has 0 fully saturated rings. The van der Waals surface area contributed by atoms with Crippen LogP contribution in [-0.2, 0) is 4.55 Å². The molecule has 0 aliphatic heterocycles. The van der Waals surface area contributed by atoms with Crippen LogP contribution in [0.4, 0.5) is 0 Å². The monoisotopic (exact) mass is 250 g/mol. The van der Waals surface area contributed by atoms with Gasteiger partial charge >= 0.3 is 0 Å². The summed E-state index contributed by atoms with van der Waals surface area (Å²) in [4.78, 5) is 4.24. The zero-order valence-electron chi connectivity index (χ0n) is 6.21. The molecule has 1 rings (SSSR count). The van der Waals surface area contributed by atoms with Gasteiger partial charge in [-0.05, 0) is 0 Å². The SMILES string of the molecule is CC(C)c1nccn1CI. The van der Waals surface area contributed by atoms with E-state index in [1.807, 2.05) is 12.4 Å². The van der Waals surface area contributed by atoms with Gasteiger partial charge in [-0.3, -0.25) is 0 Å². The normalized spacial score (nSPS) is 10.8. The van der Waals surface area contributed by atoms with E-state index in [1.165, 1.54) is 5.82 Å². The van der Waals surface area contributed by atoms with Crippen molar-refractivity contribution in [2.24, 2.45) is 0 Å². The van der Waals surface area contributed by atoms with E-state index in [9.17, 15) is 0 Å². The second-order valence-corrected chi connectivity index (χ2v) is 3.21. The predicted octanol–water partition coefficient (Wildman–Crippen LogP) is 2.40. The first-order valence-corrected chi connectivity index (χ1v) is 4.85. The molecule has 0 unspecified atom stereocenters. The van der Waals surface area contributed by atoms with Crippen molar-refractivity contribution in [3.8, 4) is 0 Å². The van der Waals surface area contributed by atoms with Gasteiger partial charge in [0, 0.05) is 18.3 Å². The number of hydrogen-bond acceptors (Lipinski definition) is 1. The largest absolute Gasteiger partial charge is 0.325 e. The quantitative estimate of drug-likeness (QED) is 0.582. The summed E-state index contributed by atoms with van der Waals surface area (Å²) in [5.41, 5.74) is 0. The Balaban J connectivity index is 2.90. The van der Waals surface area contributed by atoms with Crippen LogP contribution in [0.25, 0.3) is 0 Å². The van der Waals surface area contributed by atoms with Gasteiger partial charge in [0.1, 0.15) is 5.82 Å². The number of rotatable bonds is 2. The molecule has 1 aromatic rings. The van der Waals surface area contributed by atoms with Crippen molar-refractivity contribution in [2.45, 2.75) is 24.3 Å². The van der Waals surface area contributed by atoms with E-state index < -0.39 is 0 Å². The van der Waals surface area contributed by atoms with Crippen molar-refractivity contribution in [1.29, 1.82) is 0 Å². The summed E-state index contributed by atoms with van der Waals surface area (Å²) in [5.74, 6) is 1.71. The third kappa shape index (κ3) is 1.51. The summed E-state index contributed by atoms with van der Waals surface area (Å²) in [6.45, 7) is 4.32. The first kappa shape index (κ1) is 8.04. The van der Waals surface area contributed by atoms with Crippen LogP contribution in [-0.4, -0.2) is 9.55 Å². The minimum absolute atomic E-state index is 0.532. The fraction of sp³-hybridized carbons (Fsp3) is 0.571. The summed E-state index contributed by atoms with van der Waals surface area (Å²) in [6.07, 6.45) is 3.87. The number of nitrogens with zero attached hydrogens (tertiary/aromatic N) is 2. The van der Waals surface area contributed by atoms with Crippen LogP contribution in [0, 0.1) is 0 Å². The van der Waals surface area contributed by atoms with Crippen molar-refractivity contribution in [1.82, 2.24) is 9.55 Å². The fourth-order valence-corrected chi connectivity index (χ4v) is 1.50. The molecule has 0 aromatic carbocycles. The lowest BCUT2D eigenvalue weighted by molar-refractivity contribution is 0.711. The van der Waals surface area contributed by atoms with E-state index in [0.29, 0.717) is 5.92 Å². The Morgan fingerprint density at radius 2 is 2.40 bits per heavy atom. The Morgan fingerprint density at radius 3 is 2.80 bits per heavy atom. The van der Waals surface area contributed by atoms with Crippen LogP contribution in [0.15, 0.2) is 12.4 Å². The summed E-state index contributed by atoms with van der Waals surface area (Å²) < 4.78 is 3.15. The van der Waals surface area contributed by atoms with Crippen LogP contribution in [0.3, 0.4) is 0 Å². The Morgan fingerprint density at radius 1 is 1.70 bits per heavy atom. The maximum atomic E-state index is 4.24. The van der Waals surface area contributed by atoms with Gasteiger partial charge in [0.15, 0.2) is 0 Å². The van der Waals surface area contributed by atoms with Crippen molar-refractivity contribution in [3.05, 3.63) is 18.2 Å². The minimum Gasteiger partial charge on any atom is -0.325 e. The zero-order chi connectivity index (χ0) is 7.56. The molecule has 1 heterocycles. The van der Waals surface area contributed by atoms with E-state index in [4.69, 9.17) is 0 Å². The van der Waals surface area contributed by atoms with Crippen LogP contribution in [0.2, 0.25) is 0 Å². The molecule has 3 heteroatoms. The number of hydrogen-bond donors (Lipinski definition) is 0. The van der Waals surface area contributed by atoms with Gasteiger partial charge < -0.3 is 4.57 Å². The fourth-order valence-electron chi connectivity index (χ4n) is 0.922. The van der Waals surface area contributed by atoms with E-state index in [-0.39, 0.29) is 0 Å². The Hall–Kier alpha value is -0.0600. The summed E-state index contributed by atoms with van der Waals surface area (Å²) in [6, 6.07) is 0. The highest BCUT2D eigenvalue weighted by Crippen LogP contribution is 2.12. The maximum Gasteiger partial charge on any atom is 0.111 e. The highest BCUT2D eigenvalue weighted by Gasteiger charge is 2.04. The van der Waals surface area contributed by atoms with Gasteiger partial charge in [-0.1, -0.05) is 36.4 Å². The van der Waals surface area contributed by atoms with Crippen molar-refractivity contribution < 1.29 is 0 Å². The first-order chi connectivity index (χ1) is 4.75. The molecule has 0 N–H and O–H groups in total. The van der Waals surface area contributed by atoms with E-state index >= 15 is 0 Å². The van der Waals surface area contributed by atoms with Crippen LogP contribution in [0.1, 0.15) is 25.6 Å². The lowest BCUT2D eigenvalue weighted by Gasteiger charge is -2.05. The molecule has 0 saturated heterocycles. The third-order valence-corrected chi connectivity index (χ3v) is 2.13. The lowest BCUT2D eigenvalue weighted by Crippen LogP contribution is -2.00. The Bertz CT molecular complexity index is 205. The lowest BCUT2D eigenvalue weighted by atomic mass is 10.2. The molecule has 0 spiro atoms. The second-order valence-electron chi connectivity index (χ2n) is 2.53. The first-order valence-electron chi connectivity index (χ1n) is 3.32. The maximum absolute atomic E-state index is 4.24. The number of halogens is 1. The molecule has 0 radical (unpaired) electrons. The smallest absolute Gasteiger partial charge is 0.111 e. The van der Waals surface area contributed by atoms with E-state index in [0.717, 1.165) is 4.55 Å². The topological polar surface area (TPSA) is 17.8 Å².